The zero-order chi connectivity index (χ0) is 56.8. The first kappa shape index (κ1) is 51.5. The minimum absolute atomic E-state index is 0.184. The van der Waals surface area contributed by atoms with Gasteiger partial charge < -0.3 is 9.15 Å². The fourth-order valence-corrected chi connectivity index (χ4v) is 12.6. The average molecular weight is 1080 g/mol. The second kappa shape index (κ2) is 20.4. The summed E-state index contributed by atoms with van der Waals surface area (Å²) < 4.78 is 19.3. The first-order chi connectivity index (χ1) is 40.4. The fraction of sp³-hybridized carbons (Fsp3) is 0.171. The van der Waals surface area contributed by atoms with Gasteiger partial charge in [0.25, 0.3) is 0 Å². The number of aryl methyl sites for hydroxylation is 1. The van der Waals surface area contributed by atoms with Crippen molar-refractivity contribution < 1.29 is 9.15 Å². The molecule has 406 valence electrons. The summed E-state index contributed by atoms with van der Waals surface area (Å²) in [6.45, 7) is 20.5. The Morgan fingerprint density at radius 1 is 0.361 bits per heavy atom. The number of nitrogens with zero attached hydrogens (tertiary/aromatic N) is 5. The smallest absolute Gasteiger partial charge is 0.149 e. The van der Waals surface area contributed by atoms with Crippen LogP contribution in [0.25, 0.3) is 122 Å². The third-order valence-corrected chi connectivity index (χ3v) is 16.7. The molecule has 0 saturated heterocycles. The van der Waals surface area contributed by atoms with Crippen LogP contribution in [0.3, 0.4) is 0 Å². The Hall–Kier alpha value is -9.59. The number of furan rings is 1. The van der Waals surface area contributed by atoms with E-state index in [0.717, 1.165) is 99.8 Å². The summed E-state index contributed by atoms with van der Waals surface area (Å²) >= 11 is 0. The highest BCUT2D eigenvalue weighted by Gasteiger charge is 2.28. The van der Waals surface area contributed by atoms with Gasteiger partial charge in [-0.05, 0) is 171 Å². The van der Waals surface area contributed by atoms with Crippen LogP contribution in [0.15, 0.2) is 211 Å². The third-order valence-electron chi connectivity index (χ3n) is 16.7. The molecule has 0 fully saturated rings. The molecule has 0 aliphatic carbocycles. The second-order valence-electron chi connectivity index (χ2n) is 23.6. The van der Waals surface area contributed by atoms with E-state index in [9.17, 15) is 0 Å². The zero-order valence-corrected chi connectivity index (χ0v) is 48.5. The maximum atomic E-state index is 7.29. The van der Waals surface area contributed by atoms with Gasteiger partial charge in [0.2, 0.25) is 0 Å². The van der Waals surface area contributed by atoms with Crippen LogP contribution in [0.1, 0.15) is 107 Å². The number of rotatable bonds is 12. The molecule has 0 saturated carbocycles. The number of fused-ring (bicyclic) bond motifs is 8. The molecule has 14 aromatic rings. The molecule has 0 bridgehead atoms. The van der Waals surface area contributed by atoms with E-state index in [4.69, 9.17) is 24.1 Å². The Balaban J connectivity index is 0.996. The molecular formula is C76H65N5O2. The number of hydrogen-bond donors (Lipinski definition) is 0. The van der Waals surface area contributed by atoms with Gasteiger partial charge in [-0.2, -0.15) is 0 Å². The molecule has 0 radical (unpaired) electrons. The van der Waals surface area contributed by atoms with Crippen molar-refractivity contribution in [3.63, 3.8) is 0 Å². The normalized spacial score (nSPS) is 12.1. The molecule has 0 aliphatic heterocycles. The Bertz CT molecular complexity index is 4790. The van der Waals surface area contributed by atoms with Gasteiger partial charge in [-0.3, -0.25) is 14.1 Å². The fourth-order valence-electron chi connectivity index (χ4n) is 12.6. The summed E-state index contributed by atoms with van der Waals surface area (Å²) in [4.78, 5) is 16.2. The third kappa shape index (κ3) is 8.85. The number of hydrogen-bond acceptors (Lipinski definition) is 5. The number of para-hydroxylation sites is 5. The van der Waals surface area contributed by atoms with Crippen molar-refractivity contribution in [2.24, 2.45) is 0 Å². The van der Waals surface area contributed by atoms with Gasteiger partial charge in [-0.25, -0.2) is 9.97 Å². The molecule has 7 nitrogen and oxygen atoms in total. The van der Waals surface area contributed by atoms with Gasteiger partial charge in [0, 0.05) is 32.8 Å². The standard InChI is InChI=1S/C76H65N5O2/c1-44(2)57-36-52(49-23-12-10-13-24-49)37-58(45(3)4)72(57)80-69-33-20-18-31-67(69)78-75(80)51-27-22-28-54(35-51)82-55-40-64-63-42-61-48(9)77-66-30-17-16-29-56(66)62(61)43-71(63)83-74(64)65(41-55)76-79-68-32-19-21-34-70(68)81(76)73-59(46(5)6)38-53(39-60(73)47(7)8)50-25-14-11-15-26-50/h10-47H,1-9H3. The Kier molecular flexibility index (Phi) is 12.7. The van der Waals surface area contributed by atoms with Crippen LogP contribution in [-0.4, -0.2) is 24.1 Å². The van der Waals surface area contributed by atoms with Crippen LogP contribution in [0.4, 0.5) is 0 Å². The van der Waals surface area contributed by atoms with Gasteiger partial charge in [-0.15, -0.1) is 0 Å². The molecule has 0 amide bonds. The van der Waals surface area contributed by atoms with E-state index in [1.54, 1.807) is 0 Å². The van der Waals surface area contributed by atoms with Crippen molar-refractivity contribution in [3.05, 3.63) is 234 Å². The van der Waals surface area contributed by atoms with E-state index in [1.807, 2.05) is 12.1 Å². The lowest BCUT2D eigenvalue weighted by atomic mass is 9.88. The van der Waals surface area contributed by atoms with Crippen molar-refractivity contribution in [1.29, 1.82) is 0 Å². The summed E-state index contributed by atoms with van der Waals surface area (Å²) in [5, 5.41) is 5.16. The van der Waals surface area contributed by atoms with Crippen LogP contribution >= 0.6 is 0 Å². The van der Waals surface area contributed by atoms with Crippen LogP contribution < -0.4 is 4.74 Å². The summed E-state index contributed by atoms with van der Waals surface area (Å²) in [5.74, 6) is 3.78. The molecular weight excluding hydrogens is 1010 g/mol. The monoisotopic (exact) mass is 1080 g/mol. The molecule has 10 aromatic carbocycles. The molecule has 7 heteroatoms. The van der Waals surface area contributed by atoms with Crippen molar-refractivity contribution >= 4 is 65.7 Å². The Morgan fingerprint density at radius 3 is 1.42 bits per heavy atom. The molecule has 4 heterocycles. The van der Waals surface area contributed by atoms with E-state index < -0.39 is 0 Å². The van der Waals surface area contributed by atoms with Crippen molar-refractivity contribution in [1.82, 2.24) is 24.1 Å². The highest BCUT2D eigenvalue weighted by Crippen LogP contribution is 2.47. The summed E-state index contributed by atoms with van der Waals surface area (Å²) in [6.07, 6.45) is 0. The molecule has 0 N–H and O–H groups in total. The number of imidazole rings is 2. The van der Waals surface area contributed by atoms with Crippen molar-refractivity contribution in [2.75, 3.05) is 0 Å². The van der Waals surface area contributed by atoms with Crippen LogP contribution in [0.2, 0.25) is 0 Å². The summed E-state index contributed by atoms with van der Waals surface area (Å²) in [5.41, 5.74) is 21.2. The van der Waals surface area contributed by atoms with Crippen LogP contribution in [0.5, 0.6) is 11.5 Å². The molecule has 14 rings (SSSR count). The second-order valence-corrected chi connectivity index (χ2v) is 23.6. The van der Waals surface area contributed by atoms with Crippen molar-refractivity contribution in [2.45, 2.75) is 86.0 Å². The molecule has 0 unspecified atom stereocenters. The predicted molar refractivity (Wildman–Crippen MR) is 345 cm³/mol. The van der Waals surface area contributed by atoms with Gasteiger partial charge in [0.05, 0.1) is 44.5 Å². The molecule has 0 spiro atoms. The van der Waals surface area contributed by atoms with E-state index in [0.29, 0.717) is 11.5 Å². The number of benzene rings is 10. The number of pyridine rings is 1. The molecule has 0 aliphatic rings. The Morgan fingerprint density at radius 2 is 0.855 bits per heavy atom. The van der Waals surface area contributed by atoms with E-state index in [2.05, 4.69) is 266 Å². The van der Waals surface area contributed by atoms with Gasteiger partial charge in [0.15, 0.2) is 0 Å². The zero-order valence-electron chi connectivity index (χ0n) is 48.5. The average Bonchev–Trinajstić information content (AvgIpc) is 2.40. The van der Waals surface area contributed by atoms with E-state index >= 15 is 0 Å². The Labute approximate surface area is 484 Å². The van der Waals surface area contributed by atoms with Gasteiger partial charge in [0.1, 0.15) is 34.3 Å². The molecule has 0 atom stereocenters. The number of aromatic nitrogens is 5. The van der Waals surface area contributed by atoms with Crippen LogP contribution in [-0.2, 0) is 0 Å². The highest BCUT2D eigenvalue weighted by molar-refractivity contribution is 6.18. The van der Waals surface area contributed by atoms with Gasteiger partial charge >= 0.3 is 0 Å². The largest absolute Gasteiger partial charge is 0.457 e. The quantitative estimate of drug-likeness (QED) is 0.114. The van der Waals surface area contributed by atoms with E-state index in [1.165, 1.54) is 50.2 Å². The minimum Gasteiger partial charge on any atom is -0.457 e. The lowest BCUT2D eigenvalue weighted by molar-refractivity contribution is 0.483. The first-order valence-electron chi connectivity index (χ1n) is 29.3. The van der Waals surface area contributed by atoms with Crippen LogP contribution in [0, 0.1) is 6.92 Å². The maximum absolute atomic E-state index is 7.29. The lowest BCUT2D eigenvalue weighted by Crippen LogP contribution is -2.09. The molecule has 83 heavy (non-hydrogen) atoms. The predicted octanol–water partition coefficient (Wildman–Crippen LogP) is 21.2. The molecule has 4 aromatic heterocycles. The maximum Gasteiger partial charge on any atom is 0.149 e. The minimum atomic E-state index is 0.184. The summed E-state index contributed by atoms with van der Waals surface area (Å²) in [6, 6.07) is 73.5. The van der Waals surface area contributed by atoms with E-state index in [-0.39, 0.29) is 23.7 Å². The first-order valence-corrected chi connectivity index (χ1v) is 29.3. The lowest BCUT2D eigenvalue weighted by Gasteiger charge is -2.24. The van der Waals surface area contributed by atoms with Crippen molar-refractivity contribution in [3.8, 4) is 67.9 Å². The number of ether oxygens (including phenoxy) is 1. The topological polar surface area (TPSA) is 70.9 Å². The highest BCUT2D eigenvalue weighted by atomic mass is 16.5. The summed E-state index contributed by atoms with van der Waals surface area (Å²) in [7, 11) is 0. The van der Waals surface area contributed by atoms with Gasteiger partial charge in [-0.1, -0.05) is 171 Å². The SMILES string of the molecule is Cc1nc2ccccc2c2cc3oc4c(-c5nc6ccccc6n5-c5c(C(C)C)cc(-c6ccccc6)cc5C(C)C)cc(Oc5cccc(-c6nc7ccccc7n6-c6c(C(C)C)cc(-c7ccccc7)cc6C(C)C)c5)cc4c3cc12.